The number of anilines is 3. The molecule has 6 rings (SSSR count). The number of aromatic nitrogens is 3. The average molecular weight is 512 g/mol. The molecule has 3 aromatic rings. The molecule has 9 heteroatoms. The summed E-state index contributed by atoms with van der Waals surface area (Å²) in [6.07, 6.45) is 13.1. The molecule has 4 atom stereocenters. The number of benzene rings is 1. The van der Waals surface area contributed by atoms with Crippen LogP contribution in [0.5, 0.6) is 5.75 Å². The Kier molecular flexibility index (Phi) is 6.92. The summed E-state index contributed by atoms with van der Waals surface area (Å²) in [4.78, 5) is 28.4. The van der Waals surface area contributed by atoms with Crippen molar-refractivity contribution < 1.29 is 9.53 Å². The van der Waals surface area contributed by atoms with Gasteiger partial charge in [-0.3, -0.25) is 14.7 Å². The highest BCUT2D eigenvalue weighted by Gasteiger charge is 2.47. The number of allylic oxidation sites excluding steroid dienone is 1. The van der Waals surface area contributed by atoms with E-state index in [0.717, 1.165) is 35.5 Å². The Bertz CT molecular complexity index is 1290. The van der Waals surface area contributed by atoms with Gasteiger partial charge in [0.15, 0.2) is 0 Å². The minimum atomic E-state index is -0.280. The van der Waals surface area contributed by atoms with Crippen LogP contribution in [0.15, 0.2) is 67.1 Å². The molecular formula is C29H33N7O2. The number of ether oxygens (including phenoxy) is 1. The quantitative estimate of drug-likeness (QED) is 0.351. The van der Waals surface area contributed by atoms with Crippen molar-refractivity contribution in [3.05, 3.63) is 67.1 Å². The number of rotatable bonds is 10. The highest BCUT2D eigenvalue weighted by atomic mass is 16.5. The molecule has 3 aliphatic rings. The van der Waals surface area contributed by atoms with Crippen LogP contribution in [0.25, 0.3) is 11.1 Å². The second kappa shape index (κ2) is 10.8. The molecule has 0 spiro atoms. The van der Waals surface area contributed by atoms with Gasteiger partial charge in [-0.05, 0) is 74.5 Å². The minimum absolute atomic E-state index is 0.113. The van der Waals surface area contributed by atoms with Crippen molar-refractivity contribution in [2.75, 3.05) is 36.9 Å². The maximum Gasteiger partial charge on any atom is 0.229 e. The van der Waals surface area contributed by atoms with Gasteiger partial charge in [-0.25, -0.2) is 4.98 Å². The molecule has 38 heavy (non-hydrogen) atoms. The van der Waals surface area contributed by atoms with Gasteiger partial charge in [0.05, 0.1) is 5.92 Å². The van der Waals surface area contributed by atoms with Crippen molar-refractivity contribution in [1.82, 2.24) is 19.9 Å². The third-order valence-corrected chi connectivity index (χ3v) is 7.84. The molecule has 2 aromatic heterocycles. The van der Waals surface area contributed by atoms with E-state index in [1.807, 2.05) is 36.4 Å². The van der Waals surface area contributed by atoms with E-state index in [0.29, 0.717) is 18.4 Å². The number of hydrogen-bond acceptors (Lipinski definition) is 8. The van der Waals surface area contributed by atoms with Crippen LogP contribution in [-0.4, -0.2) is 58.0 Å². The fourth-order valence-corrected chi connectivity index (χ4v) is 5.91. The summed E-state index contributed by atoms with van der Waals surface area (Å²) >= 11 is 0. The van der Waals surface area contributed by atoms with Crippen molar-refractivity contribution in [2.24, 2.45) is 23.5 Å². The smallest absolute Gasteiger partial charge is 0.229 e. The topological polar surface area (TPSA) is 118 Å². The molecule has 1 aliphatic heterocycles. The van der Waals surface area contributed by atoms with Gasteiger partial charge >= 0.3 is 0 Å². The summed E-state index contributed by atoms with van der Waals surface area (Å²) in [5.74, 6) is 1.81. The molecule has 1 aromatic carbocycles. The molecule has 4 unspecified atom stereocenters. The second-order valence-corrected chi connectivity index (χ2v) is 10.3. The molecule has 0 radical (unpaired) electrons. The Morgan fingerprint density at radius 1 is 1.08 bits per heavy atom. The van der Waals surface area contributed by atoms with Crippen molar-refractivity contribution >= 4 is 23.4 Å². The van der Waals surface area contributed by atoms with Gasteiger partial charge in [0.1, 0.15) is 18.2 Å². The van der Waals surface area contributed by atoms with E-state index in [4.69, 9.17) is 15.5 Å². The van der Waals surface area contributed by atoms with Crippen LogP contribution < -0.4 is 21.1 Å². The molecule has 2 fully saturated rings. The first kappa shape index (κ1) is 24.4. The fraction of sp³-hybridized carbons (Fsp3) is 0.379. The summed E-state index contributed by atoms with van der Waals surface area (Å²) in [7, 11) is 0. The van der Waals surface area contributed by atoms with Crippen LogP contribution in [0.4, 0.5) is 17.5 Å². The predicted octanol–water partition coefficient (Wildman–Crippen LogP) is 3.84. The lowest BCUT2D eigenvalue weighted by Gasteiger charge is -2.28. The number of likely N-dealkylation sites (tertiary alicyclic amines) is 1. The zero-order valence-corrected chi connectivity index (χ0v) is 21.3. The van der Waals surface area contributed by atoms with Crippen molar-refractivity contribution in [3.8, 4) is 16.9 Å². The van der Waals surface area contributed by atoms with Gasteiger partial charge in [-0.1, -0.05) is 18.2 Å². The lowest BCUT2D eigenvalue weighted by atomic mass is 9.88. The van der Waals surface area contributed by atoms with Crippen molar-refractivity contribution in [2.45, 2.75) is 25.3 Å². The Morgan fingerprint density at radius 2 is 1.89 bits per heavy atom. The van der Waals surface area contributed by atoms with Gasteiger partial charge in [0.25, 0.3) is 0 Å². The molecule has 196 valence electrons. The van der Waals surface area contributed by atoms with Gasteiger partial charge in [-0.2, -0.15) is 4.98 Å². The maximum absolute atomic E-state index is 12.3. The number of nitrogens with two attached hydrogens (primary N) is 1. The third kappa shape index (κ3) is 5.19. The van der Waals surface area contributed by atoms with E-state index in [2.05, 4.69) is 37.7 Å². The fourth-order valence-electron chi connectivity index (χ4n) is 5.91. The second-order valence-electron chi connectivity index (χ2n) is 10.3. The molecule has 2 aliphatic carbocycles. The molecular weight excluding hydrogens is 478 g/mol. The summed E-state index contributed by atoms with van der Waals surface area (Å²) in [5, 5.41) is 6.85. The molecule has 4 N–H and O–H groups in total. The van der Waals surface area contributed by atoms with Crippen LogP contribution in [0.2, 0.25) is 0 Å². The third-order valence-electron chi connectivity index (χ3n) is 7.84. The number of primary amides is 1. The lowest BCUT2D eigenvalue weighted by Crippen LogP contribution is -2.41. The Hall–Kier alpha value is -3.98. The number of amides is 1. The first-order chi connectivity index (χ1) is 18.6. The van der Waals surface area contributed by atoms with Crippen LogP contribution in [-0.2, 0) is 4.79 Å². The van der Waals surface area contributed by atoms with Crippen molar-refractivity contribution in [3.63, 3.8) is 0 Å². The number of pyridine rings is 1. The number of nitrogens with one attached hydrogen (secondary N) is 2. The molecule has 1 saturated heterocycles. The monoisotopic (exact) mass is 511 g/mol. The molecule has 9 nitrogen and oxygen atoms in total. The van der Waals surface area contributed by atoms with E-state index in [-0.39, 0.29) is 29.7 Å². The van der Waals surface area contributed by atoms with E-state index in [1.165, 1.54) is 25.9 Å². The van der Waals surface area contributed by atoms with Gasteiger partial charge in [0, 0.05) is 48.0 Å². The number of nitrogens with zero attached hydrogens (tertiary/aromatic N) is 4. The minimum Gasteiger partial charge on any atom is -0.492 e. The van der Waals surface area contributed by atoms with E-state index in [9.17, 15) is 4.79 Å². The van der Waals surface area contributed by atoms with Gasteiger partial charge in [0.2, 0.25) is 11.9 Å². The number of carbonyl (C=O) groups is 1. The first-order valence-electron chi connectivity index (χ1n) is 13.4. The van der Waals surface area contributed by atoms with Crippen LogP contribution in [0, 0.1) is 17.8 Å². The zero-order valence-electron chi connectivity index (χ0n) is 21.3. The first-order valence-corrected chi connectivity index (χ1v) is 13.4. The molecule has 3 heterocycles. The van der Waals surface area contributed by atoms with E-state index in [1.54, 1.807) is 18.6 Å². The van der Waals surface area contributed by atoms with E-state index >= 15 is 0 Å². The van der Waals surface area contributed by atoms with Gasteiger partial charge in [-0.15, -0.1) is 0 Å². The Balaban J connectivity index is 1.19. The summed E-state index contributed by atoms with van der Waals surface area (Å²) < 4.78 is 5.92. The summed E-state index contributed by atoms with van der Waals surface area (Å²) in [5.41, 5.74) is 8.37. The molecule has 1 amide bonds. The Morgan fingerprint density at radius 3 is 2.66 bits per heavy atom. The highest BCUT2D eigenvalue weighted by Crippen LogP contribution is 2.45. The number of fused-ring (bicyclic) bond motifs is 2. The normalized spacial score (nSPS) is 24.0. The summed E-state index contributed by atoms with van der Waals surface area (Å²) in [6, 6.07) is 11.6. The lowest BCUT2D eigenvalue weighted by molar-refractivity contribution is -0.122. The zero-order chi connectivity index (χ0) is 25.9. The maximum atomic E-state index is 12.3. The molecule has 1 saturated carbocycles. The average Bonchev–Trinajstić information content (AvgIpc) is 3.69. The van der Waals surface area contributed by atoms with Crippen LogP contribution in [0.3, 0.4) is 0 Å². The number of hydrogen-bond donors (Lipinski definition) is 3. The largest absolute Gasteiger partial charge is 0.492 e. The molecule has 2 bridgehead atoms. The SMILES string of the molecule is NC(=O)C1C2C=CC(C2)C1Nc1nc(Nc2ccc(OCCN3CCCC3)cc2)ncc1-c1cccnc1. The predicted molar refractivity (Wildman–Crippen MR) is 147 cm³/mol. The van der Waals surface area contributed by atoms with Crippen LogP contribution in [0.1, 0.15) is 19.3 Å². The highest BCUT2D eigenvalue weighted by molar-refractivity contribution is 5.81. The van der Waals surface area contributed by atoms with Crippen LogP contribution >= 0.6 is 0 Å². The standard InChI is InChI=1S/C29H33N7O2/c30-27(37)25-19-5-6-20(16-19)26(25)34-28-24(21-4-3-11-31-17-21)18-32-29(35-28)33-22-7-9-23(10-8-22)38-15-14-36-12-1-2-13-36/h3-11,17-20,25-26H,1-2,12-16H2,(H2,30,37)(H2,32,33,34,35). The summed E-state index contributed by atoms with van der Waals surface area (Å²) in [6.45, 7) is 3.99. The van der Waals surface area contributed by atoms with E-state index < -0.39 is 0 Å². The van der Waals surface area contributed by atoms with Gasteiger partial charge < -0.3 is 21.1 Å². The van der Waals surface area contributed by atoms with Crippen molar-refractivity contribution in [1.29, 1.82) is 0 Å². The number of carbonyl (C=O) groups excluding carboxylic acids is 1. The Labute approximate surface area is 222 Å².